The van der Waals surface area contributed by atoms with Crippen molar-refractivity contribution in [3.05, 3.63) is 76.8 Å². The molecule has 1 aliphatic heterocycles. The summed E-state index contributed by atoms with van der Waals surface area (Å²) in [6, 6.07) is 18.8. The van der Waals surface area contributed by atoms with Gasteiger partial charge in [0.05, 0.1) is 9.82 Å². The second-order valence-electron chi connectivity index (χ2n) is 7.93. The molecule has 3 aromatic rings. The Morgan fingerprint density at radius 3 is 2.42 bits per heavy atom. The topological polar surface area (TPSA) is 113 Å². The molecule has 1 saturated heterocycles. The molecule has 9 nitrogen and oxygen atoms in total. The molecule has 1 atom stereocenters. The first kappa shape index (κ1) is 23.1. The van der Waals surface area contributed by atoms with E-state index in [1.807, 2.05) is 47.4 Å². The fourth-order valence-corrected chi connectivity index (χ4v) is 5.32. The number of aliphatic hydroxyl groups is 1. The largest absolute Gasteiger partial charge is 0.491 e. The van der Waals surface area contributed by atoms with Crippen molar-refractivity contribution in [1.82, 2.24) is 9.21 Å². The number of aliphatic hydroxyl groups excluding tert-OH is 1. The van der Waals surface area contributed by atoms with E-state index in [9.17, 15) is 23.6 Å². The van der Waals surface area contributed by atoms with Crippen molar-refractivity contribution < 1.29 is 23.2 Å². The lowest BCUT2D eigenvalue weighted by Crippen LogP contribution is -2.50. The highest BCUT2D eigenvalue weighted by molar-refractivity contribution is 7.89. The maximum atomic E-state index is 12.9. The van der Waals surface area contributed by atoms with Crippen molar-refractivity contribution in [3.63, 3.8) is 0 Å². The summed E-state index contributed by atoms with van der Waals surface area (Å²) in [6.45, 7) is 1.86. The Labute approximate surface area is 192 Å². The standard InChI is InChI=1S/C23H25N3O6S/c27-21(17-32-22-9-8-18-4-1-2-5-19(18)14-22)16-24-10-12-25(13-11-24)33(30,31)23-7-3-6-20(15-23)26(28)29/h1-9,14-15,21,27H,10-13,16-17H2. The molecular weight excluding hydrogens is 446 g/mol. The highest BCUT2D eigenvalue weighted by Gasteiger charge is 2.30. The van der Waals surface area contributed by atoms with Crippen molar-refractivity contribution >= 4 is 26.5 Å². The normalized spacial score (nSPS) is 16.5. The van der Waals surface area contributed by atoms with Crippen LogP contribution in [-0.4, -0.2) is 73.1 Å². The number of β-amino-alcohol motifs (C(OH)–C–C–N with tert-alkyl or cyclic N) is 1. The zero-order valence-corrected chi connectivity index (χ0v) is 18.7. The van der Waals surface area contributed by atoms with Crippen molar-refractivity contribution in [2.24, 2.45) is 0 Å². The lowest BCUT2D eigenvalue weighted by Gasteiger charge is -2.34. The Hall–Kier alpha value is -3.05. The van der Waals surface area contributed by atoms with Crippen molar-refractivity contribution in [2.75, 3.05) is 39.3 Å². The van der Waals surface area contributed by atoms with Gasteiger partial charge in [-0.15, -0.1) is 0 Å². The summed E-state index contributed by atoms with van der Waals surface area (Å²) < 4.78 is 32.8. The summed E-state index contributed by atoms with van der Waals surface area (Å²) in [5, 5.41) is 23.5. The smallest absolute Gasteiger partial charge is 0.270 e. The SMILES string of the molecule is O=[N+]([O-])c1cccc(S(=O)(=O)N2CCN(CC(O)COc3ccc4ccccc4c3)CC2)c1. The van der Waals surface area contributed by atoms with Crippen LogP contribution in [0.25, 0.3) is 10.8 Å². The van der Waals surface area contributed by atoms with Crippen LogP contribution >= 0.6 is 0 Å². The second kappa shape index (κ2) is 9.84. The minimum atomic E-state index is -3.82. The van der Waals surface area contributed by atoms with E-state index < -0.39 is 21.1 Å². The minimum absolute atomic E-state index is 0.0889. The monoisotopic (exact) mass is 471 g/mol. The lowest BCUT2D eigenvalue weighted by atomic mass is 10.1. The highest BCUT2D eigenvalue weighted by Crippen LogP contribution is 2.23. The number of rotatable bonds is 8. The summed E-state index contributed by atoms with van der Waals surface area (Å²) in [7, 11) is -3.82. The van der Waals surface area contributed by atoms with Crippen molar-refractivity contribution in [3.8, 4) is 5.75 Å². The summed E-state index contributed by atoms with van der Waals surface area (Å²) in [4.78, 5) is 12.2. The van der Waals surface area contributed by atoms with Crippen molar-refractivity contribution in [1.29, 1.82) is 0 Å². The molecule has 1 fully saturated rings. The van der Waals surface area contributed by atoms with E-state index in [1.54, 1.807) is 0 Å². The van der Waals surface area contributed by atoms with Crippen LogP contribution in [0.5, 0.6) is 5.75 Å². The van der Waals surface area contributed by atoms with Gasteiger partial charge in [0.2, 0.25) is 10.0 Å². The minimum Gasteiger partial charge on any atom is -0.491 e. The quantitative estimate of drug-likeness (QED) is 0.397. The molecule has 10 heteroatoms. The molecule has 1 unspecified atom stereocenters. The number of piperazine rings is 1. The average Bonchev–Trinajstić information content (AvgIpc) is 2.83. The van der Waals surface area contributed by atoms with E-state index in [0.717, 1.165) is 16.8 Å². The van der Waals surface area contributed by atoms with Crippen LogP contribution in [0.4, 0.5) is 5.69 Å². The summed E-state index contributed by atoms with van der Waals surface area (Å²) >= 11 is 0. The Morgan fingerprint density at radius 1 is 0.970 bits per heavy atom. The number of fused-ring (bicyclic) bond motifs is 1. The first-order valence-corrected chi connectivity index (χ1v) is 12.0. The van der Waals surface area contributed by atoms with Gasteiger partial charge in [-0.25, -0.2) is 8.42 Å². The van der Waals surface area contributed by atoms with Crippen LogP contribution < -0.4 is 4.74 Å². The predicted octanol–water partition coefficient (Wildman–Crippen LogP) is 2.49. The number of nitrogens with zero attached hydrogens (tertiary/aromatic N) is 3. The fraction of sp³-hybridized carbons (Fsp3) is 0.304. The molecule has 4 rings (SSSR count). The number of ether oxygens (including phenoxy) is 1. The Morgan fingerprint density at radius 2 is 1.70 bits per heavy atom. The van der Waals surface area contributed by atoms with E-state index in [0.29, 0.717) is 25.4 Å². The number of hydrogen-bond acceptors (Lipinski definition) is 7. The predicted molar refractivity (Wildman–Crippen MR) is 124 cm³/mol. The van der Waals surface area contributed by atoms with Gasteiger partial charge in [0.1, 0.15) is 18.5 Å². The van der Waals surface area contributed by atoms with Crippen LogP contribution in [0, 0.1) is 10.1 Å². The molecule has 0 aliphatic carbocycles. The molecule has 1 aliphatic rings. The first-order valence-electron chi connectivity index (χ1n) is 10.6. The average molecular weight is 472 g/mol. The maximum Gasteiger partial charge on any atom is 0.270 e. The molecule has 0 aromatic heterocycles. The van der Waals surface area contributed by atoms with Gasteiger partial charge in [-0.2, -0.15) is 4.31 Å². The number of benzene rings is 3. The van der Waals surface area contributed by atoms with E-state index in [-0.39, 0.29) is 30.3 Å². The molecule has 0 radical (unpaired) electrons. The molecule has 0 spiro atoms. The number of nitro groups is 1. The summed E-state index contributed by atoms with van der Waals surface area (Å²) in [5.74, 6) is 0.681. The second-order valence-corrected chi connectivity index (χ2v) is 9.87. The van der Waals surface area contributed by atoms with Gasteiger partial charge in [0.25, 0.3) is 5.69 Å². The van der Waals surface area contributed by atoms with Gasteiger partial charge < -0.3 is 9.84 Å². The third kappa shape index (κ3) is 5.48. The number of non-ortho nitro benzene ring substituents is 1. The van der Waals surface area contributed by atoms with Gasteiger partial charge in [0, 0.05) is 44.9 Å². The van der Waals surface area contributed by atoms with Gasteiger partial charge in [0.15, 0.2) is 0 Å². The molecule has 0 saturated carbocycles. The fourth-order valence-electron chi connectivity index (χ4n) is 3.86. The highest BCUT2D eigenvalue weighted by atomic mass is 32.2. The molecule has 174 valence electrons. The Bertz CT molecular complexity index is 1240. The molecule has 1 N–H and O–H groups in total. The Kier molecular flexibility index (Phi) is 6.89. The maximum absolute atomic E-state index is 12.9. The molecule has 0 bridgehead atoms. The zero-order valence-electron chi connectivity index (χ0n) is 17.9. The molecule has 0 amide bonds. The number of sulfonamides is 1. The molecule has 33 heavy (non-hydrogen) atoms. The third-order valence-corrected chi connectivity index (χ3v) is 7.52. The molecule has 3 aromatic carbocycles. The van der Waals surface area contributed by atoms with Crippen LogP contribution in [0.2, 0.25) is 0 Å². The van der Waals surface area contributed by atoms with Gasteiger partial charge in [-0.05, 0) is 29.0 Å². The van der Waals surface area contributed by atoms with Gasteiger partial charge in [-0.1, -0.05) is 36.4 Å². The summed E-state index contributed by atoms with van der Waals surface area (Å²) in [6.07, 6.45) is -0.726. The molecule has 1 heterocycles. The van der Waals surface area contributed by atoms with E-state index in [1.165, 1.54) is 22.5 Å². The van der Waals surface area contributed by atoms with E-state index >= 15 is 0 Å². The third-order valence-electron chi connectivity index (χ3n) is 5.63. The van der Waals surface area contributed by atoms with Gasteiger partial charge in [-0.3, -0.25) is 15.0 Å². The number of nitro benzene ring substituents is 1. The Balaban J connectivity index is 1.28. The van der Waals surface area contributed by atoms with Crippen LogP contribution in [0.15, 0.2) is 71.6 Å². The van der Waals surface area contributed by atoms with Crippen LogP contribution in [-0.2, 0) is 10.0 Å². The van der Waals surface area contributed by atoms with Crippen LogP contribution in [0.3, 0.4) is 0 Å². The van der Waals surface area contributed by atoms with Crippen molar-refractivity contribution in [2.45, 2.75) is 11.0 Å². The molecular formula is C23H25N3O6S. The van der Waals surface area contributed by atoms with Crippen LogP contribution in [0.1, 0.15) is 0 Å². The zero-order chi connectivity index (χ0) is 23.4. The number of hydrogen-bond donors (Lipinski definition) is 1. The first-order chi connectivity index (χ1) is 15.8. The van der Waals surface area contributed by atoms with E-state index in [2.05, 4.69) is 0 Å². The van der Waals surface area contributed by atoms with E-state index in [4.69, 9.17) is 4.74 Å². The van der Waals surface area contributed by atoms with Gasteiger partial charge >= 0.3 is 0 Å². The lowest BCUT2D eigenvalue weighted by molar-refractivity contribution is -0.385. The summed E-state index contributed by atoms with van der Waals surface area (Å²) in [5.41, 5.74) is -0.260.